The van der Waals surface area contributed by atoms with Crippen LogP contribution in [-0.2, 0) is 23.9 Å². The van der Waals surface area contributed by atoms with Crippen LogP contribution in [0.15, 0.2) is 36.4 Å². The number of ether oxygens (including phenoxy) is 1. The number of amides is 3. The minimum absolute atomic E-state index is 0.0903. The van der Waals surface area contributed by atoms with Crippen molar-refractivity contribution in [2.45, 2.75) is 32.7 Å². The van der Waals surface area contributed by atoms with E-state index in [9.17, 15) is 24.0 Å². The second-order valence-electron chi connectivity index (χ2n) is 7.17. The van der Waals surface area contributed by atoms with Gasteiger partial charge in [0.05, 0.1) is 11.8 Å². The Morgan fingerprint density at radius 3 is 2.14 bits per heavy atom. The van der Waals surface area contributed by atoms with Crippen LogP contribution in [0, 0.1) is 11.8 Å². The molecule has 2 aliphatic rings. The van der Waals surface area contributed by atoms with Gasteiger partial charge in [-0.25, -0.2) is 4.79 Å². The van der Waals surface area contributed by atoms with Gasteiger partial charge in [-0.05, 0) is 51.0 Å². The monoisotopic (exact) mass is 398 g/mol. The number of nitrogens with one attached hydrogen (secondary N) is 1. The van der Waals surface area contributed by atoms with E-state index in [0.717, 1.165) is 4.90 Å². The number of hydrogen-bond acceptors (Lipinski definition) is 6. The standard InChI is InChI=1S/C21H22N2O6/c1-12(23-19(26)16-5-3-4-6-17(16)20(23)27)21(28)29-11-18(25)22-15-9-7-14(8-10-15)13(2)24/h3-4,7-10,12,16-17H,5-6,11H2,1-2H3,(H,22,25)/t12-,16-,17+/m0/s1. The van der Waals surface area contributed by atoms with Crippen molar-refractivity contribution in [1.29, 1.82) is 0 Å². The zero-order chi connectivity index (χ0) is 21.1. The lowest BCUT2D eigenvalue weighted by Crippen LogP contribution is -2.45. The Kier molecular flexibility index (Phi) is 5.91. The number of anilines is 1. The largest absolute Gasteiger partial charge is 0.454 e. The summed E-state index contributed by atoms with van der Waals surface area (Å²) in [6.45, 7) is 2.30. The highest BCUT2D eigenvalue weighted by Crippen LogP contribution is 2.36. The summed E-state index contributed by atoms with van der Waals surface area (Å²) in [5, 5.41) is 2.55. The third-order valence-electron chi connectivity index (χ3n) is 5.19. The molecular weight excluding hydrogens is 376 g/mol. The number of rotatable bonds is 6. The molecule has 1 aromatic rings. The van der Waals surface area contributed by atoms with Crippen LogP contribution in [0.1, 0.15) is 37.0 Å². The van der Waals surface area contributed by atoms with Gasteiger partial charge in [0, 0.05) is 11.3 Å². The van der Waals surface area contributed by atoms with Gasteiger partial charge < -0.3 is 10.1 Å². The average molecular weight is 398 g/mol. The number of benzene rings is 1. The fraction of sp³-hybridized carbons (Fsp3) is 0.381. The number of allylic oxidation sites excluding steroid dienone is 2. The molecule has 0 aromatic heterocycles. The van der Waals surface area contributed by atoms with Gasteiger partial charge in [0.2, 0.25) is 11.8 Å². The Labute approximate surface area is 167 Å². The molecule has 3 amide bonds. The number of nitrogens with zero attached hydrogens (tertiary/aromatic N) is 1. The van der Waals surface area contributed by atoms with Crippen molar-refractivity contribution in [1.82, 2.24) is 4.90 Å². The van der Waals surface area contributed by atoms with Gasteiger partial charge in [0.15, 0.2) is 12.4 Å². The minimum atomic E-state index is -1.09. The molecule has 1 aromatic carbocycles. The van der Waals surface area contributed by atoms with Crippen LogP contribution in [0.25, 0.3) is 0 Å². The molecule has 0 unspecified atom stereocenters. The molecule has 0 bridgehead atoms. The molecular formula is C21H22N2O6. The maximum atomic E-state index is 12.5. The quantitative estimate of drug-likeness (QED) is 0.338. The van der Waals surface area contributed by atoms with Crippen LogP contribution in [-0.4, -0.2) is 47.0 Å². The number of ketones is 1. The molecule has 1 aliphatic carbocycles. The van der Waals surface area contributed by atoms with Gasteiger partial charge in [0.1, 0.15) is 6.04 Å². The number of imide groups is 1. The van der Waals surface area contributed by atoms with Crippen LogP contribution in [0.3, 0.4) is 0 Å². The fourth-order valence-corrected chi connectivity index (χ4v) is 3.56. The normalized spacial score (nSPS) is 21.5. The van der Waals surface area contributed by atoms with E-state index in [2.05, 4.69) is 5.32 Å². The first-order chi connectivity index (χ1) is 13.8. The Bertz CT molecular complexity index is 863. The summed E-state index contributed by atoms with van der Waals surface area (Å²) in [5.41, 5.74) is 0.963. The summed E-state index contributed by atoms with van der Waals surface area (Å²) in [4.78, 5) is 61.5. The predicted molar refractivity (Wildman–Crippen MR) is 103 cm³/mol. The molecule has 1 fully saturated rings. The molecule has 1 aliphatic heterocycles. The zero-order valence-electron chi connectivity index (χ0n) is 16.2. The summed E-state index contributed by atoms with van der Waals surface area (Å²) in [6.07, 6.45) is 4.70. The maximum absolute atomic E-state index is 12.5. The van der Waals surface area contributed by atoms with Crippen molar-refractivity contribution in [2.24, 2.45) is 11.8 Å². The summed E-state index contributed by atoms with van der Waals surface area (Å²) >= 11 is 0. The lowest BCUT2D eigenvalue weighted by molar-refractivity contribution is -0.159. The molecule has 0 spiro atoms. The van der Waals surface area contributed by atoms with E-state index in [-0.39, 0.29) is 17.6 Å². The molecule has 1 N–H and O–H groups in total. The molecule has 0 radical (unpaired) electrons. The van der Waals surface area contributed by atoms with Gasteiger partial charge in [0.25, 0.3) is 5.91 Å². The van der Waals surface area contributed by atoms with Crippen LogP contribution >= 0.6 is 0 Å². The Balaban J connectivity index is 1.53. The number of esters is 1. The van der Waals surface area contributed by atoms with E-state index >= 15 is 0 Å². The second kappa shape index (κ2) is 8.38. The molecule has 3 rings (SSSR count). The van der Waals surface area contributed by atoms with Crippen molar-refractivity contribution in [2.75, 3.05) is 11.9 Å². The van der Waals surface area contributed by atoms with Gasteiger partial charge in [-0.15, -0.1) is 0 Å². The molecule has 29 heavy (non-hydrogen) atoms. The molecule has 8 heteroatoms. The van der Waals surface area contributed by atoms with Gasteiger partial charge in [-0.1, -0.05) is 12.2 Å². The van der Waals surface area contributed by atoms with Crippen LogP contribution in [0.5, 0.6) is 0 Å². The number of carbonyl (C=O) groups excluding carboxylic acids is 5. The van der Waals surface area contributed by atoms with E-state index in [1.807, 2.05) is 12.2 Å². The van der Waals surface area contributed by atoms with Gasteiger partial charge >= 0.3 is 5.97 Å². The number of likely N-dealkylation sites (tertiary alicyclic amines) is 1. The molecule has 1 saturated heterocycles. The first-order valence-electron chi connectivity index (χ1n) is 9.39. The Morgan fingerprint density at radius 2 is 1.62 bits per heavy atom. The van der Waals surface area contributed by atoms with Crippen LogP contribution in [0.4, 0.5) is 5.69 Å². The van der Waals surface area contributed by atoms with Crippen molar-refractivity contribution >= 4 is 35.2 Å². The third kappa shape index (κ3) is 4.26. The van der Waals surface area contributed by atoms with Crippen molar-refractivity contribution in [3.8, 4) is 0 Å². The number of Topliss-reactive ketones (excluding diaryl/α,β-unsaturated/α-hetero) is 1. The Hall–Kier alpha value is -3.29. The van der Waals surface area contributed by atoms with Gasteiger partial charge in [-0.2, -0.15) is 0 Å². The number of hydrogen-bond donors (Lipinski definition) is 1. The average Bonchev–Trinajstić information content (AvgIpc) is 2.96. The second-order valence-corrected chi connectivity index (χ2v) is 7.17. The first kappa shape index (κ1) is 20.4. The van der Waals surface area contributed by atoms with E-state index in [1.165, 1.54) is 13.8 Å². The van der Waals surface area contributed by atoms with E-state index in [0.29, 0.717) is 24.1 Å². The Morgan fingerprint density at radius 1 is 1.07 bits per heavy atom. The highest BCUT2D eigenvalue weighted by Gasteiger charge is 2.50. The number of fused-ring (bicyclic) bond motifs is 1. The topological polar surface area (TPSA) is 110 Å². The lowest BCUT2D eigenvalue weighted by Gasteiger charge is -2.21. The fourth-order valence-electron chi connectivity index (χ4n) is 3.56. The minimum Gasteiger partial charge on any atom is -0.454 e. The molecule has 3 atom stereocenters. The van der Waals surface area contributed by atoms with Crippen molar-refractivity contribution in [3.05, 3.63) is 42.0 Å². The van der Waals surface area contributed by atoms with Crippen molar-refractivity contribution in [3.63, 3.8) is 0 Å². The summed E-state index contributed by atoms with van der Waals surface area (Å²) in [7, 11) is 0. The predicted octanol–water partition coefficient (Wildman–Crippen LogP) is 1.71. The number of carbonyl (C=O) groups is 5. The van der Waals surface area contributed by atoms with E-state index < -0.39 is 36.4 Å². The van der Waals surface area contributed by atoms with Crippen LogP contribution < -0.4 is 5.32 Å². The third-order valence-corrected chi connectivity index (χ3v) is 5.19. The van der Waals surface area contributed by atoms with E-state index in [4.69, 9.17) is 4.74 Å². The highest BCUT2D eigenvalue weighted by atomic mass is 16.5. The first-order valence-corrected chi connectivity index (χ1v) is 9.39. The SMILES string of the molecule is CC(=O)c1ccc(NC(=O)COC(=O)[C@H](C)N2C(=O)[C@H]3CC=CC[C@H]3C2=O)cc1. The molecule has 1 heterocycles. The van der Waals surface area contributed by atoms with Crippen LogP contribution in [0.2, 0.25) is 0 Å². The smallest absolute Gasteiger partial charge is 0.329 e. The van der Waals surface area contributed by atoms with Gasteiger partial charge in [-0.3, -0.25) is 24.1 Å². The molecule has 8 nitrogen and oxygen atoms in total. The zero-order valence-corrected chi connectivity index (χ0v) is 16.2. The van der Waals surface area contributed by atoms with Crippen molar-refractivity contribution < 1.29 is 28.7 Å². The highest BCUT2D eigenvalue weighted by molar-refractivity contribution is 6.08. The summed E-state index contributed by atoms with van der Waals surface area (Å²) in [6, 6.07) is 5.19. The molecule has 152 valence electrons. The summed E-state index contributed by atoms with van der Waals surface area (Å²) < 4.78 is 5.00. The molecule has 0 saturated carbocycles. The summed E-state index contributed by atoms with van der Waals surface area (Å²) in [5.74, 6) is -3.08. The maximum Gasteiger partial charge on any atom is 0.329 e. The van der Waals surface area contributed by atoms with E-state index in [1.54, 1.807) is 24.3 Å². The lowest BCUT2D eigenvalue weighted by atomic mass is 9.85.